The average Bonchev–Trinajstić information content (AvgIpc) is 2.84. The molecule has 0 fully saturated rings. The van der Waals surface area contributed by atoms with Crippen LogP contribution in [-0.2, 0) is 16.6 Å². The monoisotopic (exact) mass is 312 g/mol. The number of aromatic nitrogens is 1. The van der Waals surface area contributed by atoms with Crippen LogP contribution >= 0.6 is 0 Å². The number of carboxylic acid groups (broad SMARTS) is 1. The molecule has 1 aromatic heterocycles. The van der Waals surface area contributed by atoms with Gasteiger partial charge in [0.2, 0.25) is 10.0 Å². The van der Waals surface area contributed by atoms with Crippen molar-refractivity contribution >= 4 is 16.0 Å². The molecule has 0 aliphatic rings. The van der Waals surface area contributed by atoms with E-state index in [0.717, 1.165) is 6.42 Å². The predicted molar refractivity (Wildman–Crippen MR) is 79.6 cm³/mol. The molecule has 0 amide bonds. The van der Waals surface area contributed by atoms with Crippen molar-refractivity contribution in [1.29, 1.82) is 0 Å². The van der Waals surface area contributed by atoms with E-state index in [1.54, 1.807) is 0 Å². The Balaban J connectivity index is 2.81. The number of nitrogens with zero attached hydrogens (tertiary/aromatic N) is 1. The third-order valence-corrected chi connectivity index (χ3v) is 4.33. The molecule has 6 nitrogen and oxygen atoms in total. The highest BCUT2D eigenvalue weighted by molar-refractivity contribution is 7.89. The van der Waals surface area contributed by atoms with Gasteiger partial charge in [-0.25, -0.2) is 17.9 Å². The van der Waals surface area contributed by atoms with E-state index in [9.17, 15) is 13.2 Å². The number of rotatable bonds is 9. The van der Waals surface area contributed by atoms with Crippen LogP contribution in [0.25, 0.3) is 0 Å². The summed E-state index contributed by atoms with van der Waals surface area (Å²) < 4.78 is 28.1. The van der Waals surface area contributed by atoms with Crippen molar-refractivity contribution in [3.05, 3.63) is 18.0 Å². The predicted octanol–water partition coefficient (Wildman–Crippen LogP) is 1.68. The summed E-state index contributed by atoms with van der Waals surface area (Å²) >= 11 is 0. The number of carboxylic acids is 1. The Kier molecular flexibility index (Phi) is 6.46. The Morgan fingerprint density at radius 2 is 2.19 bits per heavy atom. The van der Waals surface area contributed by atoms with E-state index in [1.165, 1.54) is 16.8 Å². The molecule has 0 unspecified atom stereocenters. The molecule has 1 aromatic rings. The summed E-state index contributed by atoms with van der Waals surface area (Å²) in [5.41, 5.74) is -0.0236. The summed E-state index contributed by atoms with van der Waals surface area (Å²) in [7, 11) is -3.69. The summed E-state index contributed by atoms with van der Waals surface area (Å²) in [5, 5.41) is 9.09. The van der Waals surface area contributed by atoms with Crippen LogP contribution in [0.15, 0.2) is 17.2 Å². The van der Waals surface area contributed by atoms with Crippen molar-refractivity contribution < 1.29 is 18.3 Å². The maximum Gasteiger partial charge on any atom is 0.352 e. The van der Waals surface area contributed by atoms with Gasteiger partial charge in [0.05, 0.1) is 0 Å². The van der Waals surface area contributed by atoms with Crippen molar-refractivity contribution in [2.24, 2.45) is 0 Å². The van der Waals surface area contributed by atoms with Crippen LogP contribution in [0, 0.1) is 12.3 Å². The first-order valence-corrected chi connectivity index (χ1v) is 8.27. The minimum Gasteiger partial charge on any atom is -0.477 e. The zero-order valence-electron chi connectivity index (χ0n) is 12.0. The van der Waals surface area contributed by atoms with E-state index in [-0.39, 0.29) is 17.1 Å². The molecule has 0 saturated heterocycles. The molecule has 0 aliphatic carbocycles. The zero-order chi connectivity index (χ0) is 15.9. The molecule has 1 rings (SSSR count). The SMILES string of the molecule is C#CCCCCNS(=O)(=O)c1cc(C(=O)O)n(CCC)c1. The number of hydrogen-bond donors (Lipinski definition) is 2. The first-order valence-electron chi connectivity index (χ1n) is 6.79. The van der Waals surface area contributed by atoms with Crippen molar-refractivity contribution in [3.8, 4) is 12.3 Å². The van der Waals surface area contributed by atoms with Gasteiger partial charge in [-0.3, -0.25) is 0 Å². The largest absolute Gasteiger partial charge is 0.477 e. The molecule has 0 radical (unpaired) electrons. The standard InChI is InChI=1S/C14H20N2O4S/c1-3-5-6-7-8-15-21(19,20)12-10-13(14(17)18)16(11-12)9-4-2/h1,10-11,15H,4-9H2,2H3,(H,17,18). The number of sulfonamides is 1. The van der Waals surface area contributed by atoms with E-state index < -0.39 is 16.0 Å². The van der Waals surface area contributed by atoms with E-state index in [0.29, 0.717) is 25.8 Å². The van der Waals surface area contributed by atoms with Gasteiger partial charge < -0.3 is 9.67 Å². The fraction of sp³-hybridized carbons (Fsp3) is 0.500. The highest BCUT2D eigenvalue weighted by atomic mass is 32.2. The van der Waals surface area contributed by atoms with Crippen LogP contribution in [0.1, 0.15) is 43.1 Å². The number of terminal acetylenes is 1. The lowest BCUT2D eigenvalue weighted by Gasteiger charge is -2.04. The smallest absolute Gasteiger partial charge is 0.352 e. The fourth-order valence-electron chi connectivity index (χ4n) is 1.88. The number of hydrogen-bond acceptors (Lipinski definition) is 3. The zero-order valence-corrected chi connectivity index (χ0v) is 12.8. The second-order valence-corrected chi connectivity index (χ2v) is 6.39. The Labute approximate surface area is 125 Å². The molecule has 1 heterocycles. The van der Waals surface area contributed by atoms with Crippen LogP contribution in [-0.4, -0.2) is 30.6 Å². The molecule has 0 aromatic carbocycles. The summed E-state index contributed by atoms with van der Waals surface area (Å²) in [6.07, 6.45) is 9.19. The molecule has 116 valence electrons. The van der Waals surface area contributed by atoms with Gasteiger partial charge in [-0.15, -0.1) is 12.3 Å². The van der Waals surface area contributed by atoms with Gasteiger partial charge in [-0.05, 0) is 25.3 Å². The van der Waals surface area contributed by atoms with E-state index in [4.69, 9.17) is 11.5 Å². The summed E-state index contributed by atoms with van der Waals surface area (Å²) in [5.74, 6) is 1.35. The van der Waals surface area contributed by atoms with Gasteiger partial charge >= 0.3 is 5.97 Å². The molecular formula is C14H20N2O4S. The average molecular weight is 312 g/mol. The maximum absolute atomic E-state index is 12.1. The Morgan fingerprint density at radius 3 is 2.76 bits per heavy atom. The summed E-state index contributed by atoms with van der Waals surface area (Å²) in [4.78, 5) is 11.1. The van der Waals surface area contributed by atoms with Gasteiger partial charge in [-0.2, -0.15) is 0 Å². The van der Waals surface area contributed by atoms with Crippen LogP contribution in [0.4, 0.5) is 0 Å². The van der Waals surface area contributed by atoms with Gasteiger partial charge in [0, 0.05) is 25.7 Å². The quantitative estimate of drug-likeness (QED) is 0.536. The van der Waals surface area contributed by atoms with E-state index in [2.05, 4.69) is 10.6 Å². The number of aromatic carboxylic acids is 1. The first kappa shape index (κ1) is 17.3. The Morgan fingerprint density at radius 1 is 1.48 bits per heavy atom. The minimum absolute atomic E-state index is 0.0229. The van der Waals surface area contributed by atoms with Crippen molar-refractivity contribution in [3.63, 3.8) is 0 Å². The molecule has 7 heteroatoms. The van der Waals surface area contributed by atoms with Gasteiger partial charge in [0.1, 0.15) is 10.6 Å². The fourth-order valence-corrected chi connectivity index (χ4v) is 2.99. The van der Waals surface area contributed by atoms with Crippen molar-refractivity contribution in [2.45, 2.75) is 44.0 Å². The second kappa shape index (κ2) is 7.86. The molecule has 0 aliphatic heterocycles. The topological polar surface area (TPSA) is 88.4 Å². The van der Waals surface area contributed by atoms with Gasteiger partial charge in [0.15, 0.2) is 0 Å². The lowest BCUT2D eigenvalue weighted by Crippen LogP contribution is -2.24. The first-order chi connectivity index (χ1) is 9.92. The van der Waals surface area contributed by atoms with Crippen LogP contribution in [0.3, 0.4) is 0 Å². The number of unbranched alkanes of at least 4 members (excludes halogenated alkanes) is 2. The van der Waals surface area contributed by atoms with E-state index in [1.807, 2.05) is 6.92 Å². The summed E-state index contributed by atoms with van der Waals surface area (Å²) in [6.45, 7) is 2.63. The maximum atomic E-state index is 12.1. The van der Waals surface area contributed by atoms with E-state index >= 15 is 0 Å². The number of carbonyl (C=O) groups is 1. The molecule has 0 atom stereocenters. The third kappa shape index (κ3) is 4.92. The molecule has 0 bridgehead atoms. The van der Waals surface area contributed by atoms with Crippen LogP contribution < -0.4 is 4.72 Å². The van der Waals surface area contributed by atoms with Gasteiger partial charge in [-0.1, -0.05) is 6.92 Å². The second-order valence-electron chi connectivity index (χ2n) is 4.62. The minimum atomic E-state index is -3.69. The van der Waals surface area contributed by atoms with Gasteiger partial charge in [0.25, 0.3) is 0 Å². The molecule has 0 saturated carbocycles. The lowest BCUT2D eigenvalue weighted by molar-refractivity contribution is 0.0685. The molecule has 2 N–H and O–H groups in total. The Bertz CT molecular complexity index is 626. The van der Waals surface area contributed by atoms with Crippen LogP contribution in [0.2, 0.25) is 0 Å². The molecule has 21 heavy (non-hydrogen) atoms. The van der Waals surface area contributed by atoms with Crippen molar-refractivity contribution in [2.75, 3.05) is 6.54 Å². The summed E-state index contributed by atoms with van der Waals surface area (Å²) in [6, 6.07) is 1.18. The third-order valence-electron chi connectivity index (χ3n) is 2.91. The highest BCUT2D eigenvalue weighted by Gasteiger charge is 2.20. The highest BCUT2D eigenvalue weighted by Crippen LogP contribution is 2.15. The Hall–Kier alpha value is -1.78. The lowest BCUT2D eigenvalue weighted by atomic mass is 10.2. The molecular weight excluding hydrogens is 292 g/mol. The van der Waals surface area contributed by atoms with Crippen molar-refractivity contribution in [1.82, 2.24) is 9.29 Å². The number of nitrogens with one attached hydrogen (secondary N) is 1. The molecule has 0 spiro atoms. The van der Waals surface area contributed by atoms with Crippen LogP contribution in [0.5, 0.6) is 0 Å². The number of aryl methyl sites for hydroxylation is 1. The normalized spacial score (nSPS) is 11.2.